The van der Waals surface area contributed by atoms with Crippen molar-refractivity contribution < 1.29 is 0 Å². The van der Waals surface area contributed by atoms with E-state index in [1.54, 1.807) is 0 Å². The Morgan fingerprint density at radius 3 is 2.84 bits per heavy atom. The maximum atomic E-state index is 5.66. The average Bonchev–Trinajstić information content (AvgIpc) is 2.39. The molecule has 1 heterocycles. The van der Waals surface area contributed by atoms with Crippen LogP contribution in [0.1, 0.15) is 17.0 Å². The molecule has 5 heteroatoms. The lowest BCUT2D eigenvalue weighted by atomic mass is 9.77. The Balaban J connectivity index is 1.66. The average molecular weight is 255 g/mol. The van der Waals surface area contributed by atoms with Gasteiger partial charge in [0.1, 0.15) is 11.6 Å². The van der Waals surface area contributed by atoms with Gasteiger partial charge in [-0.1, -0.05) is 24.3 Å². The van der Waals surface area contributed by atoms with Crippen molar-refractivity contribution in [2.45, 2.75) is 12.3 Å². The lowest BCUT2D eigenvalue weighted by Crippen LogP contribution is -2.24. The van der Waals surface area contributed by atoms with Crippen LogP contribution in [0.15, 0.2) is 30.3 Å². The smallest absolute Gasteiger partial charge is 0.223 e. The molecule has 0 saturated carbocycles. The largest absolute Gasteiger partial charge is 0.373 e. The van der Waals surface area contributed by atoms with Gasteiger partial charge < -0.3 is 16.4 Å². The van der Waals surface area contributed by atoms with Crippen molar-refractivity contribution in [3.8, 4) is 0 Å². The summed E-state index contributed by atoms with van der Waals surface area (Å²) in [6, 6.07) is 10.4. The third-order valence-electron chi connectivity index (χ3n) is 3.49. The fourth-order valence-corrected chi connectivity index (χ4v) is 2.46. The number of nitrogen functional groups attached to an aromatic ring is 1. The van der Waals surface area contributed by atoms with Crippen LogP contribution in [0.25, 0.3) is 0 Å². The third-order valence-corrected chi connectivity index (χ3v) is 3.49. The van der Waals surface area contributed by atoms with E-state index in [1.165, 1.54) is 11.1 Å². The first kappa shape index (κ1) is 11.8. The highest BCUT2D eigenvalue weighted by atomic mass is 15.1. The maximum absolute atomic E-state index is 5.66. The second kappa shape index (κ2) is 4.76. The molecule has 5 nitrogen and oxygen atoms in total. The van der Waals surface area contributed by atoms with E-state index in [0.717, 1.165) is 24.6 Å². The maximum Gasteiger partial charge on any atom is 0.223 e. The summed E-state index contributed by atoms with van der Waals surface area (Å²) in [6.07, 6.45) is 1.13. The molecule has 0 saturated heterocycles. The standard InChI is InChI=1S/C14H17N5/c1-16-12-7-13(19-14(15)18-12)17-8-10-6-9-4-2-3-5-11(9)10/h2-5,7,10H,6,8H2,1H3,(H4,15,16,17,18,19). The summed E-state index contributed by atoms with van der Waals surface area (Å²) in [4.78, 5) is 8.25. The number of nitrogens with two attached hydrogens (primary N) is 1. The third kappa shape index (κ3) is 2.31. The number of anilines is 3. The molecule has 4 N–H and O–H groups in total. The molecular weight excluding hydrogens is 238 g/mol. The molecule has 0 bridgehead atoms. The first-order valence-electron chi connectivity index (χ1n) is 6.40. The molecule has 0 radical (unpaired) electrons. The summed E-state index contributed by atoms with van der Waals surface area (Å²) < 4.78 is 0. The molecule has 1 unspecified atom stereocenters. The Bertz CT molecular complexity index is 596. The first-order valence-corrected chi connectivity index (χ1v) is 6.40. The Kier molecular flexibility index (Phi) is 2.95. The summed E-state index contributed by atoms with van der Waals surface area (Å²) in [7, 11) is 1.81. The predicted molar refractivity (Wildman–Crippen MR) is 77.4 cm³/mol. The number of hydrogen-bond donors (Lipinski definition) is 3. The minimum atomic E-state index is 0.281. The zero-order valence-corrected chi connectivity index (χ0v) is 10.9. The number of fused-ring (bicyclic) bond motifs is 1. The van der Waals surface area contributed by atoms with Gasteiger partial charge in [-0.25, -0.2) is 0 Å². The van der Waals surface area contributed by atoms with Crippen LogP contribution in [0.2, 0.25) is 0 Å². The number of benzene rings is 1. The number of nitrogens with one attached hydrogen (secondary N) is 2. The number of aromatic nitrogens is 2. The van der Waals surface area contributed by atoms with E-state index in [-0.39, 0.29) is 5.95 Å². The van der Waals surface area contributed by atoms with E-state index in [0.29, 0.717) is 5.92 Å². The van der Waals surface area contributed by atoms with E-state index < -0.39 is 0 Å². The zero-order valence-electron chi connectivity index (χ0n) is 10.9. The summed E-state index contributed by atoms with van der Waals surface area (Å²) in [5, 5.41) is 6.30. The summed E-state index contributed by atoms with van der Waals surface area (Å²) in [5.41, 5.74) is 8.55. The van der Waals surface area contributed by atoms with Gasteiger partial charge in [-0.2, -0.15) is 9.97 Å². The summed E-state index contributed by atoms with van der Waals surface area (Å²) >= 11 is 0. The highest BCUT2D eigenvalue weighted by molar-refractivity contribution is 5.51. The second-order valence-electron chi connectivity index (χ2n) is 4.73. The van der Waals surface area contributed by atoms with E-state index >= 15 is 0 Å². The Labute approximate surface area is 112 Å². The van der Waals surface area contributed by atoms with Crippen molar-refractivity contribution >= 4 is 17.6 Å². The van der Waals surface area contributed by atoms with Crippen LogP contribution >= 0.6 is 0 Å². The topological polar surface area (TPSA) is 75.9 Å². The number of hydrogen-bond acceptors (Lipinski definition) is 5. The molecular formula is C14H17N5. The minimum Gasteiger partial charge on any atom is -0.373 e. The Hall–Kier alpha value is -2.30. The fraction of sp³-hybridized carbons (Fsp3) is 0.286. The fourth-order valence-electron chi connectivity index (χ4n) is 2.46. The van der Waals surface area contributed by atoms with Gasteiger partial charge in [0, 0.05) is 25.6 Å². The molecule has 0 amide bonds. The molecule has 0 spiro atoms. The molecule has 1 aromatic heterocycles. The van der Waals surface area contributed by atoms with Gasteiger partial charge in [0.25, 0.3) is 0 Å². The van der Waals surface area contributed by atoms with Crippen molar-refractivity contribution in [2.24, 2.45) is 0 Å². The van der Waals surface area contributed by atoms with Crippen LogP contribution in [0.5, 0.6) is 0 Å². The minimum absolute atomic E-state index is 0.281. The summed E-state index contributed by atoms with van der Waals surface area (Å²) in [6.45, 7) is 0.872. The van der Waals surface area contributed by atoms with Crippen LogP contribution in [-0.2, 0) is 6.42 Å². The Morgan fingerprint density at radius 2 is 2.05 bits per heavy atom. The molecule has 2 aromatic rings. The molecule has 3 rings (SSSR count). The van der Waals surface area contributed by atoms with Crippen molar-refractivity contribution in [3.63, 3.8) is 0 Å². The van der Waals surface area contributed by atoms with Crippen LogP contribution < -0.4 is 16.4 Å². The molecule has 1 aliphatic rings. The van der Waals surface area contributed by atoms with E-state index in [2.05, 4.69) is 44.9 Å². The van der Waals surface area contributed by atoms with Gasteiger partial charge in [-0.05, 0) is 17.5 Å². The molecule has 1 aliphatic carbocycles. The number of nitrogens with zero attached hydrogens (tertiary/aromatic N) is 2. The van der Waals surface area contributed by atoms with Crippen LogP contribution in [0, 0.1) is 0 Å². The molecule has 1 aromatic carbocycles. The van der Waals surface area contributed by atoms with Gasteiger partial charge >= 0.3 is 0 Å². The lowest BCUT2D eigenvalue weighted by molar-refractivity contribution is 0.634. The lowest BCUT2D eigenvalue weighted by Gasteiger charge is -2.30. The van der Waals surface area contributed by atoms with E-state index in [1.807, 2.05) is 13.1 Å². The van der Waals surface area contributed by atoms with Crippen molar-refractivity contribution in [3.05, 3.63) is 41.5 Å². The highest BCUT2D eigenvalue weighted by Gasteiger charge is 2.24. The van der Waals surface area contributed by atoms with E-state index in [9.17, 15) is 0 Å². The van der Waals surface area contributed by atoms with Crippen molar-refractivity contribution in [2.75, 3.05) is 30.0 Å². The SMILES string of the molecule is CNc1cc(NCC2Cc3ccccc32)nc(N)n1. The van der Waals surface area contributed by atoms with Gasteiger partial charge in [0.2, 0.25) is 5.95 Å². The summed E-state index contributed by atoms with van der Waals surface area (Å²) in [5.74, 6) is 2.33. The van der Waals surface area contributed by atoms with Crippen LogP contribution in [-0.4, -0.2) is 23.6 Å². The van der Waals surface area contributed by atoms with Crippen LogP contribution in [0.3, 0.4) is 0 Å². The first-order chi connectivity index (χ1) is 9.26. The van der Waals surface area contributed by atoms with Crippen molar-refractivity contribution in [1.29, 1.82) is 0 Å². The van der Waals surface area contributed by atoms with Crippen LogP contribution in [0.4, 0.5) is 17.6 Å². The quantitative estimate of drug-likeness (QED) is 0.777. The van der Waals surface area contributed by atoms with Gasteiger partial charge in [-0.3, -0.25) is 0 Å². The normalized spacial score (nSPS) is 16.4. The van der Waals surface area contributed by atoms with E-state index in [4.69, 9.17) is 5.73 Å². The van der Waals surface area contributed by atoms with Gasteiger partial charge in [-0.15, -0.1) is 0 Å². The predicted octanol–water partition coefficient (Wildman–Crippen LogP) is 1.85. The molecule has 1 atom stereocenters. The van der Waals surface area contributed by atoms with Crippen molar-refractivity contribution in [1.82, 2.24) is 9.97 Å². The van der Waals surface area contributed by atoms with Gasteiger partial charge in [0.15, 0.2) is 0 Å². The molecule has 98 valence electrons. The molecule has 0 aliphatic heterocycles. The Morgan fingerprint density at radius 1 is 1.26 bits per heavy atom. The zero-order chi connectivity index (χ0) is 13.2. The monoisotopic (exact) mass is 255 g/mol. The second-order valence-corrected chi connectivity index (χ2v) is 4.73. The highest BCUT2D eigenvalue weighted by Crippen LogP contribution is 2.34. The molecule has 19 heavy (non-hydrogen) atoms. The molecule has 0 fully saturated rings. The van der Waals surface area contributed by atoms with Gasteiger partial charge in [0.05, 0.1) is 0 Å². The number of rotatable bonds is 4.